The lowest BCUT2D eigenvalue weighted by atomic mass is 9.99. The van der Waals surface area contributed by atoms with Gasteiger partial charge in [0.1, 0.15) is 5.75 Å². The maximum atomic E-state index is 12.6. The van der Waals surface area contributed by atoms with Crippen LogP contribution in [-0.2, 0) is 0 Å². The number of rotatable bonds is 7. The van der Waals surface area contributed by atoms with Crippen molar-refractivity contribution in [3.05, 3.63) is 24.3 Å². The third-order valence-corrected chi connectivity index (χ3v) is 3.94. The van der Waals surface area contributed by atoms with Crippen molar-refractivity contribution in [2.24, 2.45) is 5.92 Å². The van der Waals surface area contributed by atoms with Crippen LogP contribution < -0.4 is 10.5 Å². The molecule has 0 aliphatic carbocycles. The first-order chi connectivity index (χ1) is 11.1. The van der Waals surface area contributed by atoms with Crippen molar-refractivity contribution in [2.75, 3.05) is 12.8 Å². The van der Waals surface area contributed by atoms with E-state index in [0.29, 0.717) is 5.82 Å². The molecule has 1 heterocycles. The number of anilines is 1. The van der Waals surface area contributed by atoms with Gasteiger partial charge in [-0.15, -0.1) is 5.10 Å². The molecule has 0 radical (unpaired) electrons. The highest BCUT2D eigenvalue weighted by Gasteiger charge is 2.22. The second-order valence-corrected chi connectivity index (χ2v) is 5.52. The Balaban J connectivity index is 2.23. The fraction of sp³-hybridized carbons (Fsp3) is 0.471. The fourth-order valence-electron chi connectivity index (χ4n) is 2.47. The molecule has 1 aromatic heterocycles. The molecule has 0 fully saturated rings. The minimum atomic E-state index is -0.0780. The van der Waals surface area contributed by atoms with E-state index in [4.69, 9.17) is 10.5 Å². The SMILES string of the molecule is CCCC[C@@H](CC)C(=O)n1nc(-c2ccc(OC)cc2)nc1N. The summed E-state index contributed by atoms with van der Waals surface area (Å²) in [6.45, 7) is 4.12. The molecule has 6 nitrogen and oxygen atoms in total. The van der Waals surface area contributed by atoms with Crippen molar-refractivity contribution >= 4 is 11.9 Å². The minimum absolute atomic E-state index is 0.0670. The van der Waals surface area contributed by atoms with Gasteiger partial charge in [-0.25, -0.2) is 0 Å². The second kappa shape index (κ2) is 7.76. The molecule has 23 heavy (non-hydrogen) atoms. The zero-order valence-corrected chi connectivity index (χ0v) is 14.0. The molecular weight excluding hydrogens is 292 g/mol. The summed E-state index contributed by atoms with van der Waals surface area (Å²) in [4.78, 5) is 16.8. The van der Waals surface area contributed by atoms with Crippen LogP contribution in [0.3, 0.4) is 0 Å². The summed E-state index contributed by atoms with van der Waals surface area (Å²) in [7, 11) is 1.61. The van der Waals surface area contributed by atoms with E-state index < -0.39 is 0 Å². The normalized spacial score (nSPS) is 12.1. The molecule has 2 N–H and O–H groups in total. The first-order valence-electron chi connectivity index (χ1n) is 8.01. The predicted molar refractivity (Wildman–Crippen MR) is 90.4 cm³/mol. The number of carbonyl (C=O) groups excluding carboxylic acids is 1. The van der Waals surface area contributed by atoms with Crippen LogP contribution in [0.15, 0.2) is 24.3 Å². The zero-order chi connectivity index (χ0) is 16.8. The Hall–Kier alpha value is -2.37. The Labute approximate surface area is 136 Å². The van der Waals surface area contributed by atoms with E-state index in [-0.39, 0.29) is 17.8 Å². The van der Waals surface area contributed by atoms with Gasteiger partial charge in [-0.05, 0) is 37.1 Å². The molecule has 0 amide bonds. The summed E-state index contributed by atoms with van der Waals surface area (Å²) in [5, 5.41) is 4.30. The highest BCUT2D eigenvalue weighted by Crippen LogP contribution is 2.22. The van der Waals surface area contributed by atoms with Crippen molar-refractivity contribution < 1.29 is 9.53 Å². The van der Waals surface area contributed by atoms with E-state index in [9.17, 15) is 4.79 Å². The highest BCUT2D eigenvalue weighted by molar-refractivity contribution is 5.83. The van der Waals surface area contributed by atoms with Crippen LogP contribution in [0, 0.1) is 5.92 Å². The number of nitrogen functional groups attached to an aromatic ring is 1. The van der Waals surface area contributed by atoms with Crippen LogP contribution in [0.25, 0.3) is 11.4 Å². The van der Waals surface area contributed by atoms with Gasteiger partial charge in [0.15, 0.2) is 5.82 Å². The molecule has 124 valence electrons. The number of unbranched alkanes of at least 4 members (excludes halogenated alkanes) is 1. The predicted octanol–water partition coefficient (Wildman–Crippen LogP) is 3.39. The van der Waals surface area contributed by atoms with Crippen molar-refractivity contribution in [3.8, 4) is 17.1 Å². The van der Waals surface area contributed by atoms with E-state index in [0.717, 1.165) is 37.0 Å². The first kappa shape index (κ1) is 17.0. The van der Waals surface area contributed by atoms with E-state index in [1.54, 1.807) is 7.11 Å². The fourth-order valence-corrected chi connectivity index (χ4v) is 2.47. The van der Waals surface area contributed by atoms with Crippen LogP contribution >= 0.6 is 0 Å². The Bertz CT molecular complexity index is 649. The van der Waals surface area contributed by atoms with Gasteiger partial charge in [-0.2, -0.15) is 9.67 Å². The third-order valence-electron chi connectivity index (χ3n) is 3.94. The van der Waals surface area contributed by atoms with E-state index in [1.807, 2.05) is 31.2 Å². The average Bonchev–Trinajstić information content (AvgIpc) is 2.97. The van der Waals surface area contributed by atoms with Gasteiger partial charge in [0.05, 0.1) is 7.11 Å². The molecule has 0 saturated carbocycles. The summed E-state index contributed by atoms with van der Waals surface area (Å²) >= 11 is 0. The van der Waals surface area contributed by atoms with Gasteiger partial charge in [-0.1, -0.05) is 26.7 Å². The molecule has 2 rings (SSSR count). The summed E-state index contributed by atoms with van der Waals surface area (Å²) in [6.07, 6.45) is 3.71. The van der Waals surface area contributed by atoms with Crippen molar-refractivity contribution in [3.63, 3.8) is 0 Å². The molecule has 1 atom stereocenters. The molecule has 0 bridgehead atoms. The summed E-state index contributed by atoms with van der Waals surface area (Å²) in [5.74, 6) is 1.19. The smallest absolute Gasteiger partial charge is 0.253 e. The van der Waals surface area contributed by atoms with Crippen molar-refractivity contribution in [1.82, 2.24) is 14.8 Å². The number of aromatic nitrogens is 3. The van der Waals surface area contributed by atoms with Crippen molar-refractivity contribution in [2.45, 2.75) is 39.5 Å². The zero-order valence-electron chi connectivity index (χ0n) is 14.0. The van der Waals surface area contributed by atoms with Crippen LogP contribution in [0.1, 0.15) is 44.3 Å². The topological polar surface area (TPSA) is 83.0 Å². The first-order valence-corrected chi connectivity index (χ1v) is 8.01. The van der Waals surface area contributed by atoms with Crippen LogP contribution in [-0.4, -0.2) is 27.8 Å². The third kappa shape index (κ3) is 3.88. The Morgan fingerprint density at radius 3 is 2.57 bits per heavy atom. The maximum Gasteiger partial charge on any atom is 0.253 e. The van der Waals surface area contributed by atoms with E-state index in [2.05, 4.69) is 17.0 Å². The summed E-state index contributed by atoms with van der Waals surface area (Å²) in [5.41, 5.74) is 6.70. The summed E-state index contributed by atoms with van der Waals surface area (Å²) in [6, 6.07) is 7.34. The van der Waals surface area contributed by atoms with E-state index in [1.165, 1.54) is 4.68 Å². The quantitative estimate of drug-likeness (QED) is 0.846. The molecule has 0 aliphatic heterocycles. The van der Waals surface area contributed by atoms with Gasteiger partial charge in [-0.3, -0.25) is 4.79 Å². The van der Waals surface area contributed by atoms with Crippen LogP contribution in [0.5, 0.6) is 5.75 Å². The number of methoxy groups -OCH3 is 1. The molecule has 1 aromatic carbocycles. The Morgan fingerprint density at radius 1 is 1.30 bits per heavy atom. The standard InChI is InChI=1S/C17H24N4O2/c1-4-6-7-12(5-2)16(22)21-17(18)19-15(20-21)13-8-10-14(23-3)11-9-13/h8-12H,4-7H2,1-3H3,(H2,18,19,20)/t12-/m1/s1. The number of nitrogens with two attached hydrogens (primary N) is 1. The lowest BCUT2D eigenvalue weighted by Gasteiger charge is -2.12. The second-order valence-electron chi connectivity index (χ2n) is 5.52. The molecule has 0 unspecified atom stereocenters. The lowest BCUT2D eigenvalue weighted by molar-refractivity contribution is 0.0807. The molecule has 0 spiro atoms. The number of benzene rings is 1. The van der Waals surface area contributed by atoms with Gasteiger partial charge in [0.25, 0.3) is 5.91 Å². The maximum absolute atomic E-state index is 12.6. The minimum Gasteiger partial charge on any atom is -0.497 e. The van der Waals surface area contributed by atoms with Gasteiger partial charge >= 0.3 is 0 Å². The Morgan fingerprint density at radius 2 is 2.00 bits per heavy atom. The molecule has 0 saturated heterocycles. The lowest BCUT2D eigenvalue weighted by Crippen LogP contribution is -2.24. The van der Waals surface area contributed by atoms with Crippen LogP contribution in [0.4, 0.5) is 5.95 Å². The largest absolute Gasteiger partial charge is 0.497 e. The van der Waals surface area contributed by atoms with Crippen molar-refractivity contribution in [1.29, 1.82) is 0 Å². The summed E-state index contributed by atoms with van der Waals surface area (Å²) < 4.78 is 6.37. The molecule has 6 heteroatoms. The molecule has 2 aromatic rings. The average molecular weight is 316 g/mol. The monoisotopic (exact) mass is 316 g/mol. The van der Waals surface area contributed by atoms with Gasteiger partial charge in [0.2, 0.25) is 5.95 Å². The number of hydrogen-bond donors (Lipinski definition) is 1. The molecule has 0 aliphatic rings. The van der Waals surface area contributed by atoms with Crippen LogP contribution in [0.2, 0.25) is 0 Å². The van der Waals surface area contributed by atoms with Gasteiger partial charge < -0.3 is 10.5 Å². The number of nitrogens with zero attached hydrogens (tertiary/aromatic N) is 3. The van der Waals surface area contributed by atoms with Gasteiger partial charge in [0, 0.05) is 11.5 Å². The molecular formula is C17H24N4O2. The number of carbonyl (C=O) groups is 1. The number of ether oxygens (including phenoxy) is 1. The van der Waals surface area contributed by atoms with E-state index >= 15 is 0 Å². The Kier molecular flexibility index (Phi) is 5.73. The highest BCUT2D eigenvalue weighted by atomic mass is 16.5. The number of hydrogen-bond acceptors (Lipinski definition) is 5.